The molecule has 3 heterocycles. The molecule has 2 aliphatic heterocycles. The van der Waals surface area contributed by atoms with Crippen LogP contribution in [-0.2, 0) is 21.9 Å². The first-order valence-electron chi connectivity index (χ1n) is 10.5. The highest BCUT2D eigenvalue weighted by Crippen LogP contribution is 2.35. The molecule has 2 saturated heterocycles. The van der Waals surface area contributed by atoms with Crippen molar-refractivity contribution in [2.75, 3.05) is 46.5 Å². The zero-order chi connectivity index (χ0) is 21.0. The molecule has 0 spiro atoms. The summed E-state index contributed by atoms with van der Waals surface area (Å²) in [6, 6.07) is 8.22. The lowest BCUT2D eigenvalue weighted by Gasteiger charge is -2.40. The van der Waals surface area contributed by atoms with Gasteiger partial charge in [-0.1, -0.05) is 23.7 Å². The zero-order valence-corrected chi connectivity index (χ0v) is 21.2. The monoisotopic (exact) mass is 559 g/mol. The van der Waals surface area contributed by atoms with Crippen LogP contribution in [0.15, 0.2) is 41.7 Å². The average molecular weight is 560 g/mol. The number of aliphatic imine (C=N–C) groups is 1. The molecule has 0 radical (unpaired) electrons. The van der Waals surface area contributed by atoms with Crippen LogP contribution in [0.5, 0.6) is 0 Å². The smallest absolute Gasteiger partial charge is 0.193 e. The fraction of sp³-hybridized carbons (Fsp3) is 0.545. The first kappa shape index (κ1) is 24.3. The van der Waals surface area contributed by atoms with E-state index in [1.165, 1.54) is 5.56 Å². The summed E-state index contributed by atoms with van der Waals surface area (Å²) in [5.74, 6) is 0.903. The molecule has 1 N–H and O–H groups in total. The summed E-state index contributed by atoms with van der Waals surface area (Å²) in [6.07, 6.45) is 5.80. The van der Waals surface area contributed by atoms with E-state index in [1.54, 1.807) is 0 Å². The van der Waals surface area contributed by atoms with Crippen molar-refractivity contribution in [1.29, 1.82) is 0 Å². The number of ether oxygens (including phenoxy) is 2. The van der Waals surface area contributed by atoms with Crippen LogP contribution in [0, 0.1) is 0 Å². The Morgan fingerprint density at radius 2 is 2.13 bits per heavy atom. The number of guanidine groups is 1. The quantitative estimate of drug-likeness (QED) is 0.354. The lowest BCUT2D eigenvalue weighted by molar-refractivity contribution is -0.00835. The Morgan fingerprint density at radius 1 is 1.32 bits per heavy atom. The Kier molecular flexibility index (Phi) is 8.60. The van der Waals surface area contributed by atoms with Crippen molar-refractivity contribution in [3.8, 4) is 0 Å². The summed E-state index contributed by atoms with van der Waals surface area (Å²) in [5, 5.41) is 8.70. The Morgan fingerprint density at radius 3 is 2.81 bits per heavy atom. The number of benzene rings is 1. The van der Waals surface area contributed by atoms with Crippen LogP contribution in [0.3, 0.4) is 0 Å². The Bertz CT molecular complexity index is 884. The van der Waals surface area contributed by atoms with Gasteiger partial charge in [-0.15, -0.1) is 24.0 Å². The maximum absolute atomic E-state index is 6.31. The molecule has 2 aromatic rings. The highest BCUT2D eigenvalue weighted by atomic mass is 127. The molecule has 0 amide bonds. The summed E-state index contributed by atoms with van der Waals surface area (Å²) < 4.78 is 13.5. The molecule has 1 aromatic carbocycles. The summed E-state index contributed by atoms with van der Waals surface area (Å²) in [5.41, 5.74) is 2.34. The standard InChI is InChI=1S/C22H30ClN5O2.HI/c1-24-21(28-8-11-30-20(15-28)17-13-26-27(2)14-17)25-16-22(6-9-29-10-7-22)18-4-3-5-19(23)12-18;/h3-5,12-14,20H,6-11,15-16H2,1-2H3,(H,24,25);1H. The van der Waals surface area contributed by atoms with Gasteiger partial charge in [-0.3, -0.25) is 9.67 Å². The van der Waals surface area contributed by atoms with Crippen LogP contribution in [0.4, 0.5) is 0 Å². The fourth-order valence-electron chi connectivity index (χ4n) is 4.38. The average Bonchev–Trinajstić information content (AvgIpc) is 3.21. The van der Waals surface area contributed by atoms with Crippen molar-refractivity contribution >= 4 is 41.5 Å². The SMILES string of the molecule is CN=C(NCC1(c2cccc(Cl)c2)CCOCC1)N1CCOC(c2cnn(C)c2)C1.I. The van der Waals surface area contributed by atoms with Crippen molar-refractivity contribution in [2.45, 2.75) is 24.4 Å². The van der Waals surface area contributed by atoms with Gasteiger partial charge in [-0.2, -0.15) is 5.10 Å². The van der Waals surface area contributed by atoms with Gasteiger partial charge in [0.05, 0.1) is 19.3 Å². The number of hydrogen-bond donors (Lipinski definition) is 1. The normalized spacial score (nSPS) is 21.5. The minimum absolute atomic E-state index is 0. The molecule has 9 heteroatoms. The number of nitrogens with zero attached hydrogens (tertiary/aromatic N) is 4. The van der Waals surface area contributed by atoms with E-state index in [9.17, 15) is 0 Å². The second-order valence-corrected chi connectivity index (χ2v) is 8.49. The molecule has 1 unspecified atom stereocenters. The molecule has 4 rings (SSSR count). The van der Waals surface area contributed by atoms with Gasteiger partial charge in [-0.05, 0) is 30.5 Å². The van der Waals surface area contributed by atoms with Gasteiger partial charge >= 0.3 is 0 Å². The molecule has 1 atom stereocenters. The molecule has 170 valence electrons. The Labute approximate surface area is 206 Å². The van der Waals surface area contributed by atoms with Crippen molar-refractivity contribution in [3.05, 3.63) is 52.8 Å². The van der Waals surface area contributed by atoms with Crippen LogP contribution in [0.2, 0.25) is 5.02 Å². The van der Waals surface area contributed by atoms with E-state index >= 15 is 0 Å². The van der Waals surface area contributed by atoms with Gasteiger partial charge in [-0.25, -0.2) is 0 Å². The largest absolute Gasteiger partial charge is 0.381 e. The van der Waals surface area contributed by atoms with E-state index in [1.807, 2.05) is 43.3 Å². The van der Waals surface area contributed by atoms with E-state index < -0.39 is 0 Å². The minimum Gasteiger partial charge on any atom is -0.381 e. The molecule has 2 aliphatic rings. The molecule has 0 saturated carbocycles. The van der Waals surface area contributed by atoms with Gasteiger partial charge in [0.1, 0.15) is 6.10 Å². The summed E-state index contributed by atoms with van der Waals surface area (Å²) in [4.78, 5) is 6.84. The Hall–Kier alpha value is -1.36. The number of aromatic nitrogens is 2. The van der Waals surface area contributed by atoms with Gasteiger partial charge in [0.25, 0.3) is 0 Å². The first-order chi connectivity index (χ1) is 14.6. The molecular weight excluding hydrogens is 529 g/mol. The van der Waals surface area contributed by atoms with E-state index in [4.69, 9.17) is 21.1 Å². The lowest BCUT2D eigenvalue weighted by atomic mass is 9.74. The fourth-order valence-corrected chi connectivity index (χ4v) is 4.57. The number of nitrogens with one attached hydrogen (secondary N) is 1. The summed E-state index contributed by atoms with van der Waals surface area (Å²) in [7, 11) is 3.76. The van der Waals surface area contributed by atoms with E-state index in [2.05, 4.69) is 32.4 Å². The van der Waals surface area contributed by atoms with Crippen LogP contribution < -0.4 is 5.32 Å². The zero-order valence-electron chi connectivity index (χ0n) is 18.1. The topological polar surface area (TPSA) is 63.9 Å². The number of halogens is 2. The summed E-state index contributed by atoms with van der Waals surface area (Å²) >= 11 is 6.31. The van der Waals surface area contributed by atoms with E-state index in [0.717, 1.165) is 62.2 Å². The molecule has 2 fully saturated rings. The highest BCUT2D eigenvalue weighted by Gasteiger charge is 2.35. The van der Waals surface area contributed by atoms with Crippen LogP contribution in [0.1, 0.15) is 30.1 Å². The summed E-state index contributed by atoms with van der Waals surface area (Å²) in [6.45, 7) is 4.52. The maximum Gasteiger partial charge on any atom is 0.193 e. The molecule has 1 aromatic heterocycles. The number of morpholine rings is 1. The third-order valence-corrected chi connectivity index (χ3v) is 6.38. The van der Waals surface area contributed by atoms with Crippen molar-refractivity contribution < 1.29 is 9.47 Å². The van der Waals surface area contributed by atoms with Crippen molar-refractivity contribution in [1.82, 2.24) is 20.0 Å². The molecule has 31 heavy (non-hydrogen) atoms. The van der Waals surface area contributed by atoms with Crippen LogP contribution >= 0.6 is 35.6 Å². The van der Waals surface area contributed by atoms with E-state index in [-0.39, 0.29) is 35.5 Å². The van der Waals surface area contributed by atoms with E-state index in [0.29, 0.717) is 6.61 Å². The lowest BCUT2D eigenvalue weighted by Crippen LogP contribution is -2.52. The minimum atomic E-state index is -0.0197. The van der Waals surface area contributed by atoms with Gasteiger partial charge in [0, 0.05) is 62.6 Å². The number of aryl methyl sites for hydroxylation is 1. The molecule has 0 bridgehead atoms. The maximum atomic E-state index is 6.31. The van der Waals surface area contributed by atoms with Gasteiger partial charge in [0.2, 0.25) is 0 Å². The van der Waals surface area contributed by atoms with Crippen molar-refractivity contribution in [3.63, 3.8) is 0 Å². The second kappa shape index (κ2) is 11.0. The van der Waals surface area contributed by atoms with Gasteiger partial charge < -0.3 is 19.7 Å². The third kappa shape index (κ3) is 5.71. The molecular formula is C22H31ClIN5O2. The Balaban J connectivity index is 0.00000272. The van der Waals surface area contributed by atoms with Crippen LogP contribution in [0.25, 0.3) is 0 Å². The number of hydrogen-bond acceptors (Lipinski definition) is 4. The van der Waals surface area contributed by atoms with Crippen LogP contribution in [-0.4, -0.2) is 67.1 Å². The number of rotatable bonds is 4. The second-order valence-electron chi connectivity index (χ2n) is 8.06. The highest BCUT2D eigenvalue weighted by molar-refractivity contribution is 14.0. The van der Waals surface area contributed by atoms with Gasteiger partial charge in [0.15, 0.2) is 5.96 Å². The van der Waals surface area contributed by atoms with Crippen molar-refractivity contribution in [2.24, 2.45) is 12.0 Å². The third-order valence-electron chi connectivity index (χ3n) is 6.15. The predicted molar refractivity (Wildman–Crippen MR) is 133 cm³/mol. The molecule has 7 nitrogen and oxygen atoms in total. The first-order valence-corrected chi connectivity index (χ1v) is 10.9. The molecule has 0 aliphatic carbocycles. The predicted octanol–water partition coefficient (Wildman–Crippen LogP) is 3.39.